The van der Waals surface area contributed by atoms with Crippen molar-refractivity contribution in [2.75, 3.05) is 0 Å². The van der Waals surface area contributed by atoms with Gasteiger partial charge in [0.05, 0.1) is 0 Å². The molecular weight excluding hydrogens is 738 g/mol. The Kier molecular flexibility index (Phi) is 7.15. The van der Waals surface area contributed by atoms with Gasteiger partial charge < -0.3 is 0 Å². The van der Waals surface area contributed by atoms with Gasteiger partial charge in [0.1, 0.15) is 0 Å². The first-order valence-corrected chi connectivity index (χ1v) is 30.5. The molecule has 0 aliphatic heterocycles. The molecule has 191 valence electrons. The van der Waals surface area contributed by atoms with Gasteiger partial charge in [-0.3, -0.25) is 0 Å². The molecule has 2 unspecified atom stereocenters. The fourth-order valence-electron chi connectivity index (χ4n) is 6.34. The summed E-state index contributed by atoms with van der Waals surface area (Å²) in [4.78, 5) is 8.59. The molecule has 4 aromatic rings. The van der Waals surface area contributed by atoms with Gasteiger partial charge in [-0.05, 0) is 0 Å². The van der Waals surface area contributed by atoms with Crippen molar-refractivity contribution in [1.29, 1.82) is 0 Å². The van der Waals surface area contributed by atoms with Crippen molar-refractivity contribution in [3.05, 3.63) is 128 Å². The molecule has 2 nitrogen and oxygen atoms in total. The molecule has 6 rings (SSSR count). The average molecular weight is 764 g/mol. The fraction of sp³-hybridized carbons (Fsp3) is 0.133. The van der Waals surface area contributed by atoms with Crippen molar-refractivity contribution in [2.24, 2.45) is 0 Å². The zero-order valence-corrected chi connectivity index (χ0v) is 29.2. The van der Waals surface area contributed by atoms with Gasteiger partial charge in [-0.2, -0.15) is 0 Å². The van der Waals surface area contributed by atoms with Gasteiger partial charge in [-0.15, -0.1) is 0 Å². The van der Waals surface area contributed by atoms with E-state index in [2.05, 4.69) is 128 Å². The van der Waals surface area contributed by atoms with Gasteiger partial charge in [-0.1, -0.05) is 0 Å². The van der Waals surface area contributed by atoms with Gasteiger partial charge in [0.2, 0.25) is 0 Å². The van der Waals surface area contributed by atoms with Crippen LogP contribution in [0, 0.1) is 0 Å². The molecule has 0 saturated carbocycles. The van der Waals surface area contributed by atoms with Crippen LogP contribution in [-0.4, -0.2) is 15.9 Å². The molecule has 8 heteroatoms. The third kappa shape index (κ3) is 4.09. The Bertz CT molecular complexity index is 1510. The molecule has 2 aromatic heterocycles. The number of nitrogens with zero attached hydrogens (tertiary/aromatic N) is 2. The van der Waals surface area contributed by atoms with Gasteiger partial charge in [0, 0.05) is 0 Å². The van der Waals surface area contributed by atoms with Crippen LogP contribution in [0.15, 0.2) is 94.4 Å². The molecule has 2 atom stereocenters. The summed E-state index contributed by atoms with van der Waals surface area (Å²) in [5.41, 5.74) is 9.52. The van der Waals surface area contributed by atoms with Gasteiger partial charge in [0.25, 0.3) is 0 Å². The first-order chi connectivity index (χ1) is 18.2. The van der Waals surface area contributed by atoms with E-state index in [0.717, 1.165) is 20.1 Å². The zero-order chi connectivity index (χ0) is 26.7. The predicted molar refractivity (Wildman–Crippen MR) is 169 cm³/mol. The van der Waals surface area contributed by atoms with Crippen molar-refractivity contribution >= 4 is 78.1 Å². The standard InChI is InChI=1S/2C14H9BrN.C2H7Si.2ClH.Zr/c2*15-14-3-1-2-11-8-12(9-13(11)14)10-4-6-16-7-5-10;1-3-2;;;/h2*1-9H;3H,1-2H3;2*1H;/q;;;;;+2/p-2. The van der Waals surface area contributed by atoms with Crippen LogP contribution >= 0.6 is 48.9 Å². The normalized spacial score (nSPS) is 19.4. The minimum atomic E-state index is -4.93. The van der Waals surface area contributed by atoms with E-state index in [0.29, 0.717) is 0 Å². The summed E-state index contributed by atoms with van der Waals surface area (Å²) in [7, 11) is 17.0. The summed E-state index contributed by atoms with van der Waals surface area (Å²) in [5, 5.41) is 0. The SMILES string of the molecule is C[SiH](C)[Zr]([Cl])([Cl])([CH]1C(c2ccncc2)=Cc2c(Br)cccc21)[CH]1C(c2ccncc2)=Cc2c(Br)cccc21. The summed E-state index contributed by atoms with van der Waals surface area (Å²) in [6.45, 7) is 4.73. The second-order valence-corrected chi connectivity index (χ2v) is 54.6. The van der Waals surface area contributed by atoms with Gasteiger partial charge >= 0.3 is 252 Å². The molecule has 2 aromatic carbocycles. The molecule has 2 aliphatic rings. The Hall–Kier alpha value is -1.14. The number of hydrogen-bond donors (Lipinski definition) is 0. The number of pyridine rings is 2. The number of aromatic nitrogens is 2. The minimum absolute atomic E-state index is 0.0542. The van der Waals surface area contributed by atoms with E-state index < -0.39 is 21.5 Å². The monoisotopic (exact) mass is 759 g/mol. The van der Waals surface area contributed by atoms with Crippen molar-refractivity contribution in [1.82, 2.24) is 9.97 Å². The third-order valence-corrected chi connectivity index (χ3v) is 61.2. The molecule has 0 radical (unpaired) electrons. The van der Waals surface area contributed by atoms with E-state index in [-0.39, 0.29) is 7.25 Å². The summed E-state index contributed by atoms with van der Waals surface area (Å²) >= 11 is 2.73. The van der Waals surface area contributed by atoms with Crippen molar-refractivity contribution < 1.29 is 15.6 Å². The van der Waals surface area contributed by atoms with Crippen LogP contribution in [0.3, 0.4) is 0 Å². The van der Waals surface area contributed by atoms with Crippen LogP contribution in [0.5, 0.6) is 0 Å². The molecule has 0 amide bonds. The molecular formula is C30H25Br2Cl2N2SiZr. The molecule has 2 aliphatic carbocycles. The molecule has 38 heavy (non-hydrogen) atoms. The van der Waals surface area contributed by atoms with Gasteiger partial charge in [0.15, 0.2) is 0 Å². The maximum absolute atomic E-state index is 8.48. The fourth-order valence-corrected chi connectivity index (χ4v) is 37.4. The summed E-state index contributed by atoms with van der Waals surface area (Å²) in [6, 6.07) is 21.2. The summed E-state index contributed by atoms with van der Waals surface area (Å²) < 4.78 is 2.03. The van der Waals surface area contributed by atoms with Crippen LogP contribution in [0.1, 0.15) is 40.6 Å². The van der Waals surface area contributed by atoms with E-state index in [1.807, 2.05) is 24.8 Å². The first-order valence-electron chi connectivity index (χ1n) is 12.6. The van der Waals surface area contributed by atoms with E-state index in [1.54, 1.807) is 0 Å². The Balaban J connectivity index is 1.68. The molecule has 0 N–H and O–H groups in total. The van der Waals surface area contributed by atoms with Crippen LogP contribution in [0.25, 0.3) is 23.3 Å². The van der Waals surface area contributed by atoms with E-state index in [1.165, 1.54) is 33.4 Å². The van der Waals surface area contributed by atoms with Crippen LogP contribution in [-0.2, 0) is 15.6 Å². The topological polar surface area (TPSA) is 25.8 Å². The van der Waals surface area contributed by atoms with Crippen LogP contribution in [0.2, 0.25) is 13.1 Å². The zero-order valence-electron chi connectivity index (χ0n) is 20.9. The molecule has 0 fully saturated rings. The summed E-state index contributed by atoms with van der Waals surface area (Å²) in [6.07, 6.45) is 12.0. The Morgan fingerprint density at radius 2 is 1.05 bits per heavy atom. The average Bonchev–Trinajstić information content (AvgIpc) is 3.52. The molecule has 2 heterocycles. The van der Waals surface area contributed by atoms with E-state index in [4.69, 9.17) is 17.0 Å². The number of benzene rings is 2. The van der Waals surface area contributed by atoms with Crippen molar-refractivity contribution in [2.45, 2.75) is 20.3 Å². The van der Waals surface area contributed by atoms with Crippen molar-refractivity contribution in [3.8, 4) is 0 Å². The number of hydrogen-bond acceptors (Lipinski definition) is 2. The third-order valence-electron chi connectivity index (χ3n) is 8.25. The Morgan fingerprint density at radius 1 is 0.658 bits per heavy atom. The van der Waals surface area contributed by atoms with Gasteiger partial charge in [-0.25, -0.2) is 0 Å². The first kappa shape index (κ1) is 27.1. The van der Waals surface area contributed by atoms with Crippen molar-refractivity contribution in [3.63, 3.8) is 0 Å². The Morgan fingerprint density at radius 3 is 1.42 bits per heavy atom. The number of fused-ring (bicyclic) bond motifs is 2. The summed E-state index contributed by atoms with van der Waals surface area (Å²) in [5.74, 6) is -1.70. The van der Waals surface area contributed by atoms with Crippen LogP contribution < -0.4 is 0 Å². The van der Waals surface area contributed by atoms with E-state index >= 15 is 0 Å². The number of rotatable bonds is 5. The van der Waals surface area contributed by atoms with Crippen LogP contribution in [0.4, 0.5) is 0 Å². The Labute approximate surface area is 249 Å². The molecule has 0 spiro atoms. The quantitative estimate of drug-likeness (QED) is 0.189. The molecule has 0 saturated heterocycles. The predicted octanol–water partition coefficient (Wildman–Crippen LogP) is 9.87. The number of halogens is 4. The second kappa shape index (κ2) is 10.0. The van der Waals surface area contributed by atoms with E-state index in [9.17, 15) is 0 Å². The second-order valence-electron chi connectivity index (χ2n) is 10.4. The molecule has 0 bridgehead atoms. The number of allylic oxidation sites excluding steroid dienone is 2. The maximum atomic E-state index is 8.48.